The summed E-state index contributed by atoms with van der Waals surface area (Å²) in [6, 6.07) is 0. The fourth-order valence-corrected chi connectivity index (χ4v) is 0.348. The molecule has 0 aromatic carbocycles. The van der Waals surface area contributed by atoms with Crippen LogP contribution in [0, 0.1) is 0 Å². The molecule has 0 aliphatic rings. The second-order valence-corrected chi connectivity index (χ2v) is 1.83. The van der Waals surface area contributed by atoms with Gasteiger partial charge in [-0.25, -0.2) is 0 Å². The number of ether oxygens (including phenoxy) is 1. The molecular weight excluding hydrogens is 124 g/mol. The summed E-state index contributed by atoms with van der Waals surface area (Å²) >= 11 is 0. The fraction of sp³-hybridized carbons (Fsp3) is 0.556. The SMILES string of the molecule is C=CCCCC.C=COC. The van der Waals surface area contributed by atoms with Crippen LogP contribution >= 0.6 is 0 Å². The zero-order valence-electron chi connectivity index (χ0n) is 7.10. The highest BCUT2D eigenvalue weighted by Gasteiger charge is 1.71. The molecule has 0 aliphatic carbocycles. The van der Waals surface area contributed by atoms with E-state index in [9.17, 15) is 0 Å². The van der Waals surface area contributed by atoms with E-state index >= 15 is 0 Å². The normalized spacial score (nSPS) is 7.00. The molecule has 0 spiro atoms. The lowest BCUT2D eigenvalue weighted by atomic mass is 10.3. The van der Waals surface area contributed by atoms with Crippen molar-refractivity contribution in [1.29, 1.82) is 0 Å². The number of allylic oxidation sites excluding steroid dienone is 1. The smallest absolute Gasteiger partial charge is 0.0766 e. The van der Waals surface area contributed by atoms with Crippen LogP contribution < -0.4 is 0 Å². The first-order valence-corrected chi connectivity index (χ1v) is 3.58. The lowest BCUT2D eigenvalue weighted by molar-refractivity contribution is 0.339. The molecule has 0 unspecified atom stereocenters. The van der Waals surface area contributed by atoms with Gasteiger partial charge in [0, 0.05) is 0 Å². The highest BCUT2D eigenvalue weighted by atomic mass is 16.5. The Balaban J connectivity index is 0. The molecule has 60 valence electrons. The molecular formula is C9H18O. The second kappa shape index (κ2) is 15.7. The maximum absolute atomic E-state index is 4.31. The van der Waals surface area contributed by atoms with E-state index in [1.165, 1.54) is 25.5 Å². The number of hydrogen-bond acceptors (Lipinski definition) is 1. The van der Waals surface area contributed by atoms with Gasteiger partial charge in [0.05, 0.1) is 13.4 Å². The van der Waals surface area contributed by atoms with Crippen LogP contribution in [-0.4, -0.2) is 7.11 Å². The van der Waals surface area contributed by atoms with E-state index in [0.29, 0.717) is 0 Å². The summed E-state index contributed by atoms with van der Waals surface area (Å²) in [7, 11) is 1.56. The highest BCUT2D eigenvalue weighted by Crippen LogP contribution is 1.91. The van der Waals surface area contributed by atoms with Crippen LogP contribution in [0.15, 0.2) is 25.5 Å². The third-order valence-electron chi connectivity index (χ3n) is 0.928. The molecule has 0 saturated heterocycles. The lowest BCUT2D eigenvalue weighted by Gasteiger charge is -1.81. The first-order chi connectivity index (χ1) is 4.83. The summed E-state index contributed by atoms with van der Waals surface area (Å²) in [6.45, 7) is 9.04. The van der Waals surface area contributed by atoms with E-state index in [4.69, 9.17) is 0 Å². The van der Waals surface area contributed by atoms with E-state index in [1.54, 1.807) is 7.11 Å². The van der Waals surface area contributed by atoms with Gasteiger partial charge in [0.15, 0.2) is 0 Å². The van der Waals surface area contributed by atoms with Gasteiger partial charge in [-0.05, 0) is 6.42 Å². The van der Waals surface area contributed by atoms with Gasteiger partial charge in [0.1, 0.15) is 0 Å². The van der Waals surface area contributed by atoms with Crippen molar-refractivity contribution >= 4 is 0 Å². The minimum absolute atomic E-state index is 1.18. The molecule has 0 amide bonds. The molecule has 0 aromatic heterocycles. The first-order valence-electron chi connectivity index (χ1n) is 3.58. The molecule has 0 N–H and O–H groups in total. The maximum atomic E-state index is 4.31. The minimum Gasteiger partial charge on any atom is -0.505 e. The summed E-state index contributed by atoms with van der Waals surface area (Å²) < 4.78 is 4.31. The van der Waals surface area contributed by atoms with Gasteiger partial charge in [-0.2, -0.15) is 0 Å². The number of hydrogen-bond donors (Lipinski definition) is 0. The predicted octanol–water partition coefficient (Wildman–Crippen LogP) is 3.14. The average molecular weight is 142 g/mol. The molecule has 0 heterocycles. The van der Waals surface area contributed by atoms with Gasteiger partial charge in [-0.1, -0.05) is 32.4 Å². The number of methoxy groups -OCH3 is 1. The van der Waals surface area contributed by atoms with Crippen LogP contribution in [0.25, 0.3) is 0 Å². The Labute approximate surface area is 64.4 Å². The van der Waals surface area contributed by atoms with Crippen molar-refractivity contribution in [3.63, 3.8) is 0 Å². The van der Waals surface area contributed by atoms with Crippen LogP contribution in [0.5, 0.6) is 0 Å². The third-order valence-corrected chi connectivity index (χ3v) is 0.928. The average Bonchev–Trinajstić information content (AvgIpc) is 2.01. The van der Waals surface area contributed by atoms with Crippen LogP contribution in [0.2, 0.25) is 0 Å². The summed E-state index contributed by atoms with van der Waals surface area (Å²) in [4.78, 5) is 0. The van der Waals surface area contributed by atoms with E-state index in [1.807, 2.05) is 6.08 Å². The highest BCUT2D eigenvalue weighted by molar-refractivity contribution is 4.64. The Morgan fingerprint density at radius 2 is 1.90 bits per heavy atom. The molecule has 10 heavy (non-hydrogen) atoms. The van der Waals surface area contributed by atoms with Crippen LogP contribution in [0.4, 0.5) is 0 Å². The van der Waals surface area contributed by atoms with E-state index in [0.717, 1.165) is 0 Å². The zero-order valence-corrected chi connectivity index (χ0v) is 7.10. The van der Waals surface area contributed by atoms with Gasteiger partial charge >= 0.3 is 0 Å². The summed E-state index contributed by atoms with van der Waals surface area (Å²) in [5, 5.41) is 0. The maximum Gasteiger partial charge on any atom is 0.0766 e. The molecule has 0 rings (SSSR count). The molecule has 0 fully saturated rings. The molecule has 1 nitrogen and oxygen atoms in total. The Morgan fingerprint density at radius 3 is 2.00 bits per heavy atom. The third kappa shape index (κ3) is 26.7. The summed E-state index contributed by atoms with van der Waals surface area (Å²) in [5.74, 6) is 0. The van der Waals surface area contributed by atoms with Gasteiger partial charge in [-0.15, -0.1) is 6.58 Å². The Morgan fingerprint density at radius 1 is 1.40 bits per heavy atom. The number of rotatable bonds is 4. The fourth-order valence-electron chi connectivity index (χ4n) is 0.348. The monoisotopic (exact) mass is 142 g/mol. The lowest BCUT2D eigenvalue weighted by Crippen LogP contribution is -1.61. The molecule has 0 aliphatic heterocycles. The first kappa shape index (κ1) is 12.0. The second-order valence-electron chi connectivity index (χ2n) is 1.83. The van der Waals surface area contributed by atoms with E-state index in [2.05, 4.69) is 24.8 Å². The van der Waals surface area contributed by atoms with Crippen molar-refractivity contribution in [2.45, 2.75) is 26.2 Å². The molecule has 0 radical (unpaired) electrons. The van der Waals surface area contributed by atoms with Crippen molar-refractivity contribution in [3.05, 3.63) is 25.5 Å². The molecule has 0 atom stereocenters. The van der Waals surface area contributed by atoms with Crippen LogP contribution in [0.3, 0.4) is 0 Å². The Bertz CT molecular complexity index is 67.1. The van der Waals surface area contributed by atoms with Crippen molar-refractivity contribution in [1.82, 2.24) is 0 Å². The van der Waals surface area contributed by atoms with E-state index < -0.39 is 0 Å². The largest absolute Gasteiger partial charge is 0.505 e. The topological polar surface area (TPSA) is 9.23 Å². The Hall–Kier alpha value is -0.720. The zero-order chi connectivity index (χ0) is 8.24. The van der Waals surface area contributed by atoms with Crippen molar-refractivity contribution in [2.24, 2.45) is 0 Å². The standard InChI is InChI=1S/C6H12.C3H6O/c1-3-5-6-4-2;1-3-4-2/h3H,1,4-6H2,2H3;3H,1H2,2H3. The molecule has 0 bridgehead atoms. The Kier molecular flexibility index (Phi) is 18.9. The minimum atomic E-state index is 1.18. The van der Waals surface area contributed by atoms with Crippen molar-refractivity contribution < 1.29 is 4.74 Å². The molecule has 1 heteroatoms. The van der Waals surface area contributed by atoms with Crippen molar-refractivity contribution in [3.8, 4) is 0 Å². The molecule has 0 saturated carbocycles. The molecule has 0 aromatic rings. The van der Waals surface area contributed by atoms with Gasteiger partial charge in [-0.3, -0.25) is 0 Å². The predicted molar refractivity (Wildman–Crippen MR) is 46.9 cm³/mol. The van der Waals surface area contributed by atoms with E-state index in [-0.39, 0.29) is 0 Å². The van der Waals surface area contributed by atoms with Gasteiger partial charge < -0.3 is 4.74 Å². The van der Waals surface area contributed by atoms with Crippen LogP contribution in [0.1, 0.15) is 26.2 Å². The summed E-state index contributed by atoms with van der Waals surface area (Å²) in [5.41, 5.74) is 0. The quantitative estimate of drug-likeness (QED) is 0.333. The summed E-state index contributed by atoms with van der Waals surface area (Å²) in [6.07, 6.45) is 7.09. The van der Waals surface area contributed by atoms with Gasteiger partial charge in [0.2, 0.25) is 0 Å². The van der Waals surface area contributed by atoms with Crippen LogP contribution in [-0.2, 0) is 4.74 Å². The van der Waals surface area contributed by atoms with Crippen molar-refractivity contribution in [2.75, 3.05) is 7.11 Å². The number of unbranched alkanes of at least 4 members (excludes halogenated alkanes) is 2. The van der Waals surface area contributed by atoms with Gasteiger partial charge in [0.25, 0.3) is 0 Å².